The lowest BCUT2D eigenvalue weighted by molar-refractivity contribution is 0.482. The number of amidine groups is 2. The maximum Gasteiger partial charge on any atom is 0.173 e. The van der Waals surface area contributed by atoms with Crippen LogP contribution in [0, 0.1) is 0 Å². The van der Waals surface area contributed by atoms with E-state index in [1.165, 1.54) is 16.8 Å². The molecule has 0 spiro atoms. The fraction of sp³-hybridized carbons (Fsp3) is 0.238. The standard InChI is InChI=1S/C21H19ClN4S2.2ClH/c1-21(15-5-3-2-4-6-15)13-23-19(25-21)27-11-17-12-28-20-24-18-8-7-16(22)9-14(18)10-26(17)20;;/h2-9,12H,10-11,13H2,1H3,(H,23,25);2*1H. The molecule has 0 aromatic heterocycles. The summed E-state index contributed by atoms with van der Waals surface area (Å²) in [6, 6.07) is 16.4. The zero-order valence-corrected chi connectivity index (χ0v) is 20.2. The Balaban J connectivity index is 0.00000128. The van der Waals surface area contributed by atoms with Gasteiger partial charge in [0.25, 0.3) is 0 Å². The molecule has 0 amide bonds. The molecular formula is C21H21Cl3N4S2. The van der Waals surface area contributed by atoms with Crippen LogP contribution < -0.4 is 5.32 Å². The minimum absolute atomic E-state index is 0. The van der Waals surface area contributed by atoms with Crippen LogP contribution in [-0.2, 0) is 12.1 Å². The maximum atomic E-state index is 6.17. The van der Waals surface area contributed by atoms with E-state index in [9.17, 15) is 0 Å². The van der Waals surface area contributed by atoms with Crippen LogP contribution in [0.5, 0.6) is 0 Å². The molecule has 3 aliphatic rings. The molecule has 4 nitrogen and oxygen atoms in total. The van der Waals surface area contributed by atoms with Gasteiger partial charge in [-0.25, -0.2) is 4.99 Å². The summed E-state index contributed by atoms with van der Waals surface area (Å²) >= 11 is 9.61. The first kappa shape index (κ1) is 23.4. The SMILES string of the molecule is CC1(c2ccccc2)CN=C(SCC2=CSC3=Nc4ccc(Cl)cc4CN23)N1.Cl.Cl. The Hall–Kier alpha value is -1.31. The van der Waals surface area contributed by atoms with Gasteiger partial charge in [-0.1, -0.05) is 65.5 Å². The summed E-state index contributed by atoms with van der Waals surface area (Å²) in [5.41, 5.74) is 4.59. The lowest BCUT2D eigenvalue weighted by atomic mass is 9.93. The normalized spacial score (nSPS) is 21.3. The minimum Gasteiger partial charge on any atom is -0.354 e. The zero-order chi connectivity index (χ0) is 19.1. The third-order valence-corrected chi connectivity index (χ3v) is 7.25. The Bertz CT molecular complexity index is 1030. The van der Waals surface area contributed by atoms with Gasteiger partial charge in [0, 0.05) is 16.5 Å². The highest BCUT2D eigenvalue weighted by Gasteiger charge is 2.33. The second kappa shape index (κ2) is 9.45. The highest BCUT2D eigenvalue weighted by molar-refractivity contribution is 8.17. The molecule has 0 radical (unpaired) electrons. The molecule has 3 aliphatic heterocycles. The first-order chi connectivity index (χ1) is 13.6. The summed E-state index contributed by atoms with van der Waals surface area (Å²) in [7, 11) is 0. The van der Waals surface area contributed by atoms with Crippen molar-refractivity contribution in [3.05, 3.63) is 75.8 Å². The Morgan fingerprint density at radius 2 is 2.00 bits per heavy atom. The molecular weight excluding hydrogens is 479 g/mol. The summed E-state index contributed by atoms with van der Waals surface area (Å²) in [5.74, 6) is 0.860. The van der Waals surface area contributed by atoms with Crippen molar-refractivity contribution in [1.82, 2.24) is 10.2 Å². The summed E-state index contributed by atoms with van der Waals surface area (Å²) in [5, 5.41) is 8.62. The van der Waals surface area contributed by atoms with E-state index in [4.69, 9.17) is 21.6 Å². The van der Waals surface area contributed by atoms with Crippen molar-refractivity contribution >= 4 is 76.0 Å². The molecule has 1 unspecified atom stereocenters. The number of thioether (sulfide) groups is 2. The van der Waals surface area contributed by atoms with Crippen molar-refractivity contribution < 1.29 is 0 Å². The Kier molecular flexibility index (Phi) is 7.36. The van der Waals surface area contributed by atoms with E-state index in [1.807, 2.05) is 24.3 Å². The van der Waals surface area contributed by atoms with E-state index >= 15 is 0 Å². The number of halogens is 3. The highest BCUT2D eigenvalue weighted by atomic mass is 35.5. The van der Waals surface area contributed by atoms with Crippen LogP contribution in [0.15, 0.2) is 69.6 Å². The van der Waals surface area contributed by atoms with Crippen LogP contribution in [0.1, 0.15) is 18.1 Å². The molecule has 0 saturated carbocycles. The van der Waals surface area contributed by atoms with Crippen molar-refractivity contribution in [1.29, 1.82) is 0 Å². The van der Waals surface area contributed by atoms with E-state index < -0.39 is 0 Å². The third-order valence-electron chi connectivity index (χ3n) is 5.15. The largest absolute Gasteiger partial charge is 0.354 e. The minimum atomic E-state index is -0.129. The monoisotopic (exact) mass is 498 g/mol. The average molecular weight is 500 g/mol. The number of nitrogens with zero attached hydrogens (tertiary/aromatic N) is 3. The van der Waals surface area contributed by atoms with Crippen molar-refractivity contribution in [2.45, 2.75) is 19.0 Å². The molecule has 2 aromatic carbocycles. The van der Waals surface area contributed by atoms with Gasteiger partial charge in [0.1, 0.15) is 0 Å². The molecule has 158 valence electrons. The number of aliphatic imine (C=N–C) groups is 2. The average Bonchev–Trinajstić information content (AvgIpc) is 3.29. The summed E-state index contributed by atoms with van der Waals surface area (Å²) in [6.07, 6.45) is 0. The number of benzene rings is 2. The molecule has 9 heteroatoms. The predicted octanol–water partition coefficient (Wildman–Crippen LogP) is 6.18. The smallest absolute Gasteiger partial charge is 0.173 e. The van der Waals surface area contributed by atoms with Gasteiger partial charge in [-0.3, -0.25) is 4.99 Å². The Morgan fingerprint density at radius 1 is 1.20 bits per heavy atom. The summed E-state index contributed by atoms with van der Waals surface area (Å²) in [4.78, 5) is 11.8. The molecule has 0 saturated heterocycles. The van der Waals surface area contributed by atoms with Crippen LogP contribution in [0.3, 0.4) is 0 Å². The van der Waals surface area contributed by atoms with Crippen LogP contribution in [0.4, 0.5) is 5.69 Å². The van der Waals surface area contributed by atoms with Gasteiger partial charge in [0.2, 0.25) is 0 Å². The molecule has 30 heavy (non-hydrogen) atoms. The fourth-order valence-corrected chi connectivity index (χ4v) is 5.73. The maximum absolute atomic E-state index is 6.17. The number of rotatable bonds is 3. The lowest BCUT2D eigenvalue weighted by Gasteiger charge is -2.27. The summed E-state index contributed by atoms with van der Waals surface area (Å²) in [6.45, 7) is 3.78. The number of nitrogens with one attached hydrogen (secondary N) is 1. The Morgan fingerprint density at radius 3 is 2.80 bits per heavy atom. The Labute approximate surface area is 202 Å². The van der Waals surface area contributed by atoms with Gasteiger partial charge in [-0.15, -0.1) is 24.8 Å². The van der Waals surface area contributed by atoms with Crippen molar-refractivity contribution in [2.75, 3.05) is 12.3 Å². The van der Waals surface area contributed by atoms with E-state index in [-0.39, 0.29) is 30.4 Å². The van der Waals surface area contributed by atoms with E-state index in [0.717, 1.165) is 39.9 Å². The molecule has 5 rings (SSSR count). The lowest BCUT2D eigenvalue weighted by Crippen LogP contribution is -2.39. The number of hydrogen-bond acceptors (Lipinski definition) is 6. The topological polar surface area (TPSA) is 40.0 Å². The quantitative estimate of drug-likeness (QED) is 0.547. The van der Waals surface area contributed by atoms with Gasteiger partial charge in [0.15, 0.2) is 10.3 Å². The van der Waals surface area contributed by atoms with Crippen molar-refractivity contribution in [3.8, 4) is 0 Å². The summed E-state index contributed by atoms with van der Waals surface area (Å²) < 4.78 is 0. The predicted molar refractivity (Wildman–Crippen MR) is 136 cm³/mol. The van der Waals surface area contributed by atoms with Crippen LogP contribution in [0.2, 0.25) is 5.02 Å². The van der Waals surface area contributed by atoms with E-state index in [2.05, 4.69) is 46.8 Å². The molecule has 0 fully saturated rings. The number of hydrogen-bond donors (Lipinski definition) is 1. The number of fused-ring (bicyclic) bond motifs is 2. The van der Waals surface area contributed by atoms with Gasteiger partial charge in [-0.05, 0) is 41.7 Å². The molecule has 1 atom stereocenters. The highest BCUT2D eigenvalue weighted by Crippen LogP contribution is 2.39. The van der Waals surface area contributed by atoms with E-state index in [1.54, 1.807) is 23.5 Å². The van der Waals surface area contributed by atoms with Gasteiger partial charge < -0.3 is 10.2 Å². The van der Waals surface area contributed by atoms with Crippen LogP contribution in [0.25, 0.3) is 0 Å². The first-order valence-electron chi connectivity index (χ1n) is 9.12. The molecule has 0 bridgehead atoms. The fourth-order valence-electron chi connectivity index (χ4n) is 3.54. The van der Waals surface area contributed by atoms with Crippen LogP contribution >= 0.6 is 59.9 Å². The third kappa shape index (κ3) is 4.48. The first-order valence-corrected chi connectivity index (χ1v) is 11.4. The second-order valence-electron chi connectivity index (χ2n) is 7.21. The van der Waals surface area contributed by atoms with Gasteiger partial charge >= 0.3 is 0 Å². The molecule has 3 heterocycles. The molecule has 1 N–H and O–H groups in total. The second-order valence-corrected chi connectivity index (χ2v) is 9.45. The van der Waals surface area contributed by atoms with E-state index in [0.29, 0.717) is 0 Å². The van der Waals surface area contributed by atoms with Gasteiger partial charge in [-0.2, -0.15) is 0 Å². The molecule has 0 aliphatic carbocycles. The molecule has 2 aromatic rings. The van der Waals surface area contributed by atoms with Crippen molar-refractivity contribution in [3.63, 3.8) is 0 Å². The van der Waals surface area contributed by atoms with Crippen LogP contribution in [-0.4, -0.2) is 27.5 Å². The zero-order valence-electron chi connectivity index (χ0n) is 16.2. The van der Waals surface area contributed by atoms with Crippen molar-refractivity contribution in [2.24, 2.45) is 9.98 Å². The van der Waals surface area contributed by atoms with Gasteiger partial charge in [0.05, 0.1) is 24.3 Å².